The number of hydrogen-bond donors (Lipinski definition) is 3. The summed E-state index contributed by atoms with van der Waals surface area (Å²) in [5.74, 6) is 0.0642. The van der Waals surface area contributed by atoms with E-state index in [9.17, 15) is 4.79 Å². The van der Waals surface area contributed by atoms with Crippen LogP contribution in [0.15, 0.2) is 27.6 Å². The van der Waals surface area contributed by atoms with Crippen molar-refractivity contribution in [2.75, 3.05) is 19.0 Å². The van der Waals surface area contributed by atoms with Crippen molar-refractivity contribution in [3.8, 4) is 0 Å². The standard InChI is InChI=1S/C12H16BrNO3S/c1-8-4-9(13)2-3-11(8)18-7-12(17)14-10(5-15)6-16/h2-4,10,15-16H,5-7H2,1H3,(H,14,17). The van der Waals surface area contributed by atoms with E-state index >= 15 is 0 Å². The highest BCUT2D eigenvalue weighted by molar-refractivity contribution is 9.10. The van der Waals surface area contributed by atoms with Gasteiger partial charge < -0.3 is 15.5 Å². The second-order valence-corrected chi connectivity index (χ2v) is 5.76. The van der Waals surface area contributed by atoms with E-state index < -0.39 is 6.04 Å². The van der Waals surface area contributed by atoms with Gasteiger partial charge in [0, 0.05) is 9.37 Å². The maximum atomic E-state index is 11.6. The molecule has 0 saturated heterocycles. The van der Waals surface area contributed by atoms with Crippen molar-refractivity contribution < 1.29 is 15.0 Å². The zero-order valence-electron chi connectivity index (χ0n) is 10.0. The number of carbonyl (C=O) groups excluding carboxylic acids is 1. The van der Waals surface area contributed by atoms with Gasteiger partial charge >= 0.3 is 0 Å². The molecule has 0 aliphatic heterocycles. The van der Waals surface area contributed by atoms with Crippen molar-refractivity contribution in [1.29, 1.82) is 0 Å². The van der Waals surface area contributed by atoms with Crippen molar-refractivity contribution in [3.63, 3.8) is 0 Å². The Bertz CT molecular complexity index is 410. The summed E-state index contributed by atoms with van der Waals surface area (Å²) < 4.78 is 1.01. The number of amides is 1. The number of rotatable bonds is 6. The molecule has 3 N–H and O–H groups in total. The van der Waals surface area contributed by atoms with Crippen LogP contribution in [-0.4, -0.2) is 41.1 Å². The van der Waals surface area contributed by atoms with E-state index in [1.807, 2.05) is 25.1 Å². The SMILES string of the molecule is Cc1cc(Br)ccc1SCC(=O)NC(CO)CO. The van der Waals surface area contributed by atoms with E-state index in [4.69, 9.17) is 10.2 Å². The normalized spacial score (nSPS) is 10.7. The molecule has 0 saturated carbocycles. The summed E-state index contributed by atoms with van der Waals surface area (Å²) in [5.41, 5.74) is 1.10. The fourth-order valence-electron chi connectivity index (χ4n) is 1.34. The zero-order chi connectivity index (χ0) is 13.5. The molecule has 18 heavy (non-hydrogen) atoms. The average Bonchev–Trinajstić information content (AvgIpc) is 2.35. The van der Waals surface area contributed by atoms with Crippen molar-refractivity contribution in [2.45, 2.75) is 17.9 Å². The maximum absolute atomic E-state index is 11.6. The number of nitrogens with one attached hydrogen (secondary N) is 1. The van der Waals surface area contributed by atoms with Crippen LogP contribution in [0.5, 0.6) is 0 Å². The van der Waals surface area contributed by atoms with Crippen molar-refractivity contribution in [2.24, 2.45) is 0 Å². The zero-order valence-corrected chi connectivity index (χ0v) is 12.4. The number of carbonyl (C=O) groups is 1. The summed E-state index contributed by atoms with van der Waals surface area (Å²) in [4.78, 5) is 12.6. The van der Waals surface area contributed by atoms with Crippen LogP contribution in [-0.2, 0) is 4.79 Å². The second-order valence-electron chi connectivity index (χ2n) is 3.83. The largest absolute Gasteiger partial charge is 0.394 e. The van der Waals surface area contributed by atoms with Gasteiger partial charge in [0.25, 0.3) is 0 Å². The summed E-state index contributed by atoms with van der Waals surface area (Å²) in [6, 6.07) is 5.29. The Hall–Kier alpha value is -0.560. The Labute approximate surface area is 119 Å². The van der Waals surface area contributed by atoms with E-state index in [1.54, 1.807) is 0 Å². The lowest BCUT2D eigenvalue weighted by Gasteiger charge is -2.13. The lowest BCUT2D eigenvalue weighted by molar-refractivity contribution is -0.119. The molecule has 0 bridgehead atoms. The van der Waals surface area contributed by atoms with Crippen LogP contribution in [0, 0.1) is 6.92 Å². The van der Waals surface area contributed by atoms with Crippen molar-refractivity contribution in [3.05, 3.63) is 28.2 Å². The van der Waals surface area contributed by atoms with Gasteiger partial charge in [0.05, 0.1) is 25.0 Å². The first kappa shape index (κ1) is 15.5. The monoisotopic (exact) mass is 333 g/mol. The number of halogens is 1. The molecule has 0 fully saturated rings. The fourth-order valence-corrected chi connectivity index (χ4v) is 2.63. The van der Waals surface area contributed by atoms with Crippen molar-refractivity contribution in [1.82, 2.24) is 5.32 Å². The highest BCUT2D eigenvalue weighted by Crippen LogP contribution is 2.25. The molecule has 1 aromatic carbocycles. The molecule has 1 aromatic rings. The molecule has 0 heterocycles. The van der Waals surface area contributed by atoms with Gasteiger partial charge in [-0.1, -0.05) is 15.9 Å². The summed E-state index contributed by atoms with van der Waals surface area (Å²) >= 11 is 4.81. The summed E-state index contributed by atoms with van der Waals surface area (Å²) in [6.07, 6.45) is 0. The van der Waals surface area contributed by atoms with Gasteiger partial charge in [0.15, 0.2) is 0 Å². The molecule has 0 unspecified atom stereocenters. The third-order valence-electron chi connectivity index (χ3n) is 2.30. The molecule has 6 heteroatoms. The quantitative estimate of drug-likeness (QED) is 0.687. The number of aryl methyl sites for hydroxylation is 1. The van der Waals surface area contributed by atoms with Crippen LogP contribution >= 0.6 is 27.7 Å². The topological polar surface area (TPSA) is 69.6 Å². The van der Waals surface area contributed by atoms with Crippen molar-refractivity contribution >= 4 is 33.6 Å². The first-order valence-corrected chi connectivity index (χ1v) is 7.24. The van der Waals surface area contributed by atoms with Crippen LogP contribution in [0.25, 0.3) is 0 Å². The molecule has 4 nitrogen and oxygen atoms in total. The van der Waals surface area contributed by atoms with Gasteiger partial charge in [-0.15, -0.1) is 11.8 Å². The summed E-state index contributed by atoms with van der Waals surface area (Å²) in [7, 11) is 0. The Kier molecular flexibility index (Phi) is 6.70. The van der Waals surface area contributed by atoms with Gasteiger partial charge in [-0.05, 0) is 30.7 Å². The Balaban J connectivity index is 2.47. The maximum Gasteiger partial charge on any atom is 0.230 e. The lowest BCUT2D eigenvalue weighted by Crippen LogP contribution is -2.40. The minimum Gasteiger partial charge on any atom is -0.394 e. The Morgan fingerprint density at radius 1 is 1.44 bits per heavy atom. The number of aliphatic hydroxyl groups is 2. The molecular formula is C12H16BrNO3S. The Morgan fingerprint density at radius 2 is 2.11 bits per heavy atom. The predicted molar refractivity (Wildman–Crippen MR) is 75.7 cm³/mol. The van der Waals surface area contributed by atoms with Gasteiger partial charge in [0.2, 0.25) is 5.91 Å². The van der Waals surface area contributed by atoms with Crippen LogP contribution in [0.4, 0.5) is 0 Å². The van der Waals surface area contributed by atoms with E-state index in [2.05, 4.69) is 21.2 Å². The summed E-state index contributed by atoms with van der Waals surface area (Å²) in [6.45, 7) is 1.46. The minimum atomic E-state index is -0.580. The molecule has 100 valence electrons. The number of aliphatic hydroxyl groups excluding tert-OH is 2. The number of thioether (sulfide) groups is 1. The predicted octanol–water partition coefficient (Wildman–Crippen LogP) is 1.32. The van der Waals surface area contributed by atoms with E-state index in [1.165, 1.54) is 11.8 Å². The van der Waals surface area contributed by atoms with Gasteiger partial charge in [-0.25, -0.2) is 0 Å². The smallest absolute Gasteiger partial charge is 0.230 e. The van der Waals surface area contributed by atoms with Crippen LogP contribution in [0.2, 0.25) is 0 Å². The van der Waals surface area contributed by atoms with Gasteiger partial charge in [-0.2, -0.15) is 0 Å². The lowest BCUT2D eigenvalue weighted by atomic mass is 10.2. The molecule has 0 aliphatic rings. The summed E-state index contributed by atoms with van der Waals surface area (Å²) in [5, 5.41) is 20.2. The minimum absolute atomic E-state index is 0.199. The average molecular weight is 334 g/mol. The van der Waals surface area contributed by atoms with Gasteiger partial charge in [-0.3, -0.25) is 4.79 Å². The molecule has 0 radical (unpaired) electrons. The molecule has 0 aromatic heterocycles. The van der Waals surface area contributed by atoms with Gasteiger partial charge in [0.1, 0.15) is 0 Å². The van der Waals surface area contributed by atoms with E-state index in [0.29, 0.717) is 0 Å². The first-order valence-electron chi connectivity index (χ1n) is 5.47. The highest BCUT2D eigenvalue weighted by atomic mass is 79.9. The van der Waals surface area contributed by atoms with Crippen LogP contribution in [0.3, 0.4) is 0 Å². The van der Waals surface area contributed by atoms with Crippen LogP contribution in [0.1, 0.15) is 5.56 Å². The number of benzene rings is 1. The van der Waals surface area contributed by atoms with E-state index in [0.717, 1.165) is 14.9 Å². The third kappa shape index (κ3) is 4.97. The first-order chi connectivity index (χ1) is 8.56. The molecule has 0 aliphatic carbocycles. The molecule has 0 atom stereocenters. The molecule has 0 spiro atoms. The third-order valence-corrected chi connectivity index (χ3v) is 3.97. The molecular weight excluding hydrogens is 318 g/mol. The Morgan fingerprint density at radius 3 is 2.67 bits per heavy atom. The van der Waals surface area contributed by atoms with Crippen LogP contribution < -0.4 is 5.32 Å². The fraction of sp³-hybridized carbons (Fsp3) is 0.417. The van der Waals surface area contributed by atoms with E-state index in [-0.39, 0.29) is 24.9 Å². The number of hydrogen-bond acceptors (Lipinski definition) is 4. The second kappa shape index (κ2) is 7.78. The molecule has 1 rings (SSSR count). The highest BCUT2D eigenvalue weighted by Gasteiger charge is 2.10. The molecule has 1 amide bonds.